The third-order valence-electron chi connectivity index (χ3n) is 4.10. The first-order valence-corrected chi connectivity index (χ1v) is 7.04. The number of piperidine rings is 1. The van der Waals surface area contributed by atoms with Crippen LogP contribution in [-0.2, 0) is 11.3 Å². The summed E-state index contributed by atoms with van der Waals surface area (Å²) < 4.78 is 5.26. The molecule has 4 heteroatoms. The first-order chi connectivity index (χ1) is 9.31. The van der Waals surface area contributed by atoms with Gasteiger partial charge in [-0.3, -0.25) is 0 Å². The van der Waals surface area contributed by atoms with E-state index in [4.69, 9.17) is 4.74 Å². The van der Waals surface area contributed by atoms with E-state index < -0.39 is 0 Å². The molecule has 2 heterocycles. The lowest BCUT2D eigenvalue weighted by Crippen LogP contribution is -2.52. The van der Waals surface area contributed by atoms with Gasteiger partial charge >= 0.3 is 6.09 Å². The number of ether oxygens (including phenoxy) is 1. The lowest BCUT2D eigenvalue weighted by atomic mass is 10.0. The minimum Gasteiger partial charge on any atom is -0.445 e. The third-order valence-corrected chi connectivity index (χ3v) is 4.10. The average molecular weight is 260 g/mol. The van der Waals surface area contributed by atoms with Crippen LogP contribution < -0.4 is 10.6 Å². The number of alkyl carbamates (subject to hydrolysis) is 1. The van der Waals surface area contributed by atoms with Gasteiger partial charge in [-0.2, -0.15) is 0 Å². The van der Waals surface area contributed by atoms with Crippen LogP contribution in [0.3, 0.4) is 0 Å². The molecule has 0 aromatic heterocycles. The van der Waals surface area contributed by atoms with Gasteiger partial charge in [0.05, 0.1) is 0 Å². The van der Waals surface area contributed by atoms with Gasteiger partial charge in [-0.25, -0.2) is 4.79 Å². The standard InChI is InChI=1S/C15H20N2O2/c18-15(19-10-11-4-2-1-3-5-11)17-14-9-7-12-6-8-13(14)16-12/h1-5,12-14,16H,6-10H2,(H,17,18). The van der Waals surface area contributed by atoms with E-state index in [1.54, 1.807) is 0 Å². The van der Waals surface area contributed by atoms with Gasteiger partial charge in [-0.1, -0.05) is 30.3 Å². The Morgan fingerprint density at radius 3 is 2.84 bits per heavy atom. The van der Waals surface area contributed by atoms with E-state index in [0.29, 0.717) is 18.7 Å². The molecule has 1 aromatic carbocycles. The van der Waals surface area contributed by atoms with Gasteiger partial charge in [-0.05, 0) is 31.2 Å². The van der Waals surface area contributed by atoms with Crippen molar-refractivity contribution in [2.45, 2.75) is 50.4 Å². The molecule has 0 spiro atoms. The Hall–Kier alpha value is -1.55. The maximum absolute atomic E-state index is 11.8. The lowest BCUT2D eigenvalue weighted by molar-refractivity contribution is 0.130. The topological polar surface area (TPSA) is 50.4 Å². The van der Waals surface area contributed by atoms with Crippen molar-refractivity contribution in [1.82, 2.24) is 10.6 Å². The fraction of sp³-hybridized carbons (Fsp3) is 0.533. The molecule has 0 aliphatic carbocycles. The SMILES string of the molecule is O=C(NC1CCC2CCC1N2)OCc1ccccc1. The van der Waals surface area contributed by atoms with Gasteiger partial charge in [-0.15, -0.1) is 0 Å². The average Bonchev–Trinajstić information content (AvgIpc) is 2.84. The Bertz CT molecular complexity index is 435. The van der Waals surface area contributed by atoms with Crippen molar-refractivity contribution in [2.75, 3.05) is 0 Å². The second kappa shape index (κ2) is 5.61. The number of amides is 1. The summed E-state index contributed by atoms with van der Waals surface area (Å²) in [6, 6.07) is 11.1. The fourth-order valence-corrected chi connectivity index (χ4v) is 3.07. The van der Waals surface area contributed by atoms with Crippen molar-refractivity contribution in [2.24, 2.45) is 0 Å². The Kier molecular flexibility index (Phi) is 3.69. The summed E-state index contributed by atoms with van der Waals surface area (Å²) in [6.45, 7) is 0.333. The van der Waals surface area contributed by atoms with Crippen LogP contribution >= 0.6 is 0 Å². The highest BCUT2D eigenvalue weighted by Gasteiger charge is 2.35. The normalized spacial score (nSPS) is 28.9. The Morgan fingerprint density at radius 2 is 2.00 bits per heavy atom. The molecule has 0 radical (unpaired) electrons. The first-order valence-electron chi connectivity index (χ1n) is 7.04. The molecular formula is C15H20N2O2. The highest BCUT2D eigenvalue weighted by molar-refractivity contribution is 5.67. The lowest BCUT2D eigenvalue weighted by Gasteiger charge is -2.30. The summed E-state index contributed by atoms with van der Waals surface area (Å²) >= 11 is 0. The monoisotopic (exact) mass is 260 g/mol. The van der Waals surface area contributed by atoms with Gasteiger partial charge in [0.2, 0.25) is 0 Å². The predicted molar refractivity (Wildman–Crippen MR) is 72.7 cm³/mol. The maximum atomic E-state index is 11.8. The van der Waals surface area contributed by atoms with Crippen molar-refractivity contribution >= 4 is 6.09 Å². The van der Waals surface area contributed by atoms with E-state index in [9.17, 15) is 4.79 Å². The summed E-state index contributed by atoms with van der Waals surface area (Å²) in [6.07, 6.45) is 4.31. The van der Waals surface area contributed by atoms with Crippen molar-refractivity contribution in [3.63, 3.8) is 0 Å². The highest BCUT2D eigenvalue weighted by atomic mass is 16.5. The van der Waals surface area contributed by atoms with E-state index in [-0.39, 0.29) is 12.1 Å². The maximum Gasteiger partial charge on any atom is 0.407 e. The number of hydrogen-bond acceptors (Lipinski definition) is 3. The molecule has 2 saturated heterocycles. The second-order valence-corrected chi connectivity index (χ2v) is 5.44. The van der Waals surface area contributed by atoms with E-state index in [1.807, 2.05) is 30.3 Å². The van der Waals surface area contributed by atoms with Crippen LogP contribution in [0, 0.1) is 0 Å². The van der Waals surface area contributed by atoms with Crippen molar-refractivity contribution in [3.8, 4) is 0 Å². The summed E-state index contributed by atoms with van der Waals surface area (Å²) in [5.74, 6) is 0. The molecule has 0 saturated carbocycles. The fourth-order valence-electron chi connectivity index (χ4n) is 3.07. The quantitative estimate of drug-likeness (QED) is 0.876. The van der Waals surface area contributed by atoms with E-state index in [2.05, 4.69) is 10.6 Å². The summed E-state index contributed by atoms with van der Waals surface area (Å²) in [5, 5.41) is 6.54. The number of hydrogen-bond donors (Lipinski definition) is 2. The second-order valence-electron chi connectivity index (χ2n) is 5.44. The van der Waals surface area contributed by atoms with E-state index >= 15 is 0 Å². The molecular weight excluding hydrogens is 240 g/mol. The number of benzene rings is 1. The van der Waals surface area contributed by atoms with Crippen LogP contribution in [-0.4, -0.2) is 24.2 Å². The molecule has 102 valence electrons. The molecule has 3 unspecified atom stereocenters. The van der Waals surface area contributed by atoms with Gasteiger partial charge in [0, 0.05) is 18.1 Å². The van der Waals surface area contributed by atoms with E-state index in [1.165, 1.54) is 6.42 Å². The van der Waals surface area contributed by atoms with Crippen molar-refractivity contribution in [3.05, 3.63) is 35.9 Å². The Labute approximate surface area is 113 Å². The molecule has 4 nitrogen and oxygen atoms in total. The molecule has 1 aromatic rings. The smallest absolute Gasteiger partial charge is 0.407 e. The minimum absolute atomic E-state index is 0.224. The molecule has 3 rings (SSSR count). The van der Waals surface area contributed by atoms with Crippen LogP contribution in [0.4, 0.5) is 4.79 Å². The van der Waals surface area contributed by atoms with Crippen molar-refractivity contribution < 1.29 is 9.53 Å². The number of carbonyl (C=O) groups excluding carboxylic acids is 1. The third kappa shape index (κ3) is 3.07. The summed E-state index contributed by atoms with van der Waals surface area (Å²) in [5.41, 5.74) is 1.01. The minimum atomic E-state index is -0.305. The zero-order valence-corrected chi connectivity index (χ0v) is 11.0. The van der Waals surface area contributed by atoms with Crippen LogP contribution in [0.25, 0.3) is 0 Å². The van der Waals surface area contributed by atoms with Gasteiger partial charge in [0.25, 0.3) is 0 Å². The number of carbonyl (C=O) groups is 1. The van der Waals surface area contributed by atoms with Crippen LogP contribution in [0.1, 0.15) is 31.2 Å². The van der Waals surface area contributed by atoms with E-state index in [0.717, 1.165) is 24.8 Å². The molecule has 19 heavy (non-hydrogen) atoms. The predicted octanol–water partition coefficient (Wildman–Crippen LogP) is 2.20. The van der Waals surface area contributed by atoms with Crippen molar-refractivity contribution in [1.29, 1.82) is 0 Å². The van der Waals surface area contributed by atoms with Gasteiger partial charge in [0.15, 0.2) is 0 Å². The molecule has 2 bridgehead atoms. The van der Waals surface area contributed by atoms with Crippen LogP contribution in [0.5, 0.6) is 0 Å². The highest BCUT2D eigenvalue weighted by Crippen LogP contribution is 2.26. The van der Waals surface area contributed by atoms with Crippen LogP contribution in [0.2, 0.25) is 0 Å². The molecule has 2 fully saturated rings. The Morgan fingerprint density at radius 1 is 1.21 bits per heavy atom. The number of nitrogens with one attached hydrogen (secondary N) is 2. The zero-order valence-electron chi connectivity index (χ0n) is 11.0. The molecule has 2 N–H and O–H groups in total. The first kappa shape index (κ1) is 12.5. The van der Waals surface area contributed by atoms with Crippen LogP contribution in [0.15, 0.2) is 30.3 Å². The van der Waals surface area contributed by atoms with Gasteiger partial charge < -0.3 is 15.4 Å². The summed E-state index contributed by atoms with van der Waals surface area (Å²) in [7, 11) is 0. The number of rotatable bonds is 3. The molecule has 2 aliphatic heterocycles. The zero-order chi connectivity index (χ0) is 13.1. The molecule has 3 atom stereocenters. The summed E-state index contributed by atoms with van der Waals surface area (Å²) in [4.78, 5) is 11.8. The molecule has 2 aliphatic rings. The Balaban J connectivity index is 1.46. The molecule has 1 amide bonds. The largest absolute Gasteiger partial charge is 0.445 e. The number of fused-ring (bicyclic) bond motifs is 2. The van der Waals surface area contributed by atoms with Gasteiger partial charge in [0.1, 0.15) is 6.61 Å².